The van der Waals surface area contributed by atoms with E-state index in [0.717, 1.165) is 17.5 Å². The van der Waals surface area contributed by atoms with E-state index in [4.69, 9.17) is 5.11 Å². The molecule has 3 nitrogen and oxygen atoms in total. The lowest BCUT2D eigenvalue weighted by molar-refractivity contribution is -0.00820. The summed E-state index contributed by atoms with van der Waals surface area (Å²) in [5, 5.41) is 19.4. The minimum absolute atomic E-state index is 0.143. The zero-order chi connectivity index (χ0) is 11.9. The Morgan fingerprint density at radius 3 is 2.69 bits per heavy atom. The number of aliphatic hydroxyl groups is 1. The maximum absolute atomic E-state index is 10.8. The summed E-state index contributed by atoms with van der Waals surface area (Å²) in [4.78, 5) is 10.8. The van der Waals surface area contributed by atoms with Gasteiger partial charge in [-0.3, -0.25) is 0 Å². The number of hydrogen-bond donors (Lipinski definition) is 2. The highest BCUT2D eigenvalue weighted by Gasteiger charge is 2.39. The van der Waals surface area contributed by atoms with Crippen molar-refractivity contribution in [3.8, 4) is 0 Å². The van der Waals surface area contributed by atoms with Crippen molar-refractivity contribution >= 4 is 5.97 Å². The van der Waals surface area contributed by atoms with Crippen molar-refractivity contribution < 1.29 is 15.0 Å². The van der Waals surface area contributed by atoms with Crippen LogP contribution in [-0.4, -0.2) is 16.2 Å². The summed E-state index contributed by atoms with van der Waals surface area (Å²) in [5.41, 5.74) is 1.38. The van der Waals surface area contributed by atoms with Crippen molar-refractivity contribution in [2.24, 2.45) is 5.92 Å². The minimum atomic E-state index is -0.914. The summed E-state index contributed by atoms with van der Waals surface area (Å²) in [7, 11) is 0. The van der Waals surface area contributed by atoms with Crippen LogP contribution in [0.5, 0.6) is 0 Å². The first-order chi connectivity index (χ1) is 7.45. The molecular weight excluding hydrogens is 204 g/mol. The number of carboxylic acid groups (broad SMARTS) is 1. The van der Waals surface area contributed by atoms with Crippen LogP contribution in [0, 0.1) is 5.92 Å². The number of aromatic carboxylic acids is 1. The molecule has 1 aromatic carbocycles. The molecule has 86 valence electrons. The third-order valence-corrected chi connectivity index (χ3v) is 3.55. The Morgan fingerprint density at radius 2 is 2.12 bits per heavy atom. The fourth-order valence-corrected chi connectivity index (χ4v) is 2.42. The molecule has 2 N–H and O–H groups in total. The highest BCUT2D eigenvalue weighted by molar-refractivity contribution is 5.88. The van der Waals surface area contributed by atoms with Crippen LogP contribution in [0.4, 0.5) is 0 Å². The lowest BCUT2D eigenvalue weighted by Crippen LogP contribution is -2.28. The summed E-state index contributed by atoms with van der Waals surface area (Å²) < 4.78 is 0. The van der Waals surface area contributed by atoms with E-state index in [-0.39, 0.29) is 5.92 Å². The monoisotopic (exact) mass is 220 g/mol. The Morgan fingerprint density at radius 1 is 1.44 bits per heavy atom. The van der Waals surface area contributed by atoms with Crippen LogP contribution in [-0.2, 0) is 12.0 Å². The summed E-state index contributed by atoms with van der Waals surface area (Å²) in [6.45, 7) is 3.97. The zero-order valence-electron chi connectivity index (χ0n) is 9.53. The van der Waals surface area contributed by atoms with Crippen molar-refractivity contribution in [1.82, 2.24) is 0 Å². The van der Waals surface area contributed by atoms with Crippen molar-refractivity contribution in [3.63, 3.8) is 0 Å². The number of carboxylic acids is 1. The first kappa shape index (κ1) is 11.1. The van der Waals surface area contributed by atoms with Crippen molar-refractivity contribution in [2.75, 3.05) is 0 Å². The minimum Gasteiger partial charge on any atom is -0.478 e. The molecule has 0 aromatic heterocycles. The van der Waals surface area contributed by atoms with Gasteiger partial charge in [-0.2, -0.15) is 0 Å². The summed E-state index contributed by atoms with van der Waals surface area (Å²) in [6, 6.07) is 5.00. The second kappa shape index (κ2) is 3.59. The first-order valence-electron chi connectivity index (χ1n) is 5.54. The number of rotatable bonds is 2. The molecule has 1 atom stereocenters. The molecule has 1 aliphatic carbocycles. The number of carbonyl (C=O) groups is 1. The van der Waals surface area contributed by atoms with Crippen LogP contribution in [0.25, 0.3) is 0 Å². The quantitative estimate of drug-likeness (QED) is 0.803. The van der Waals surface area contributed by atoms with Gasteiger partial charge in [-0.1, -0.05) is 19.9 Å². The molecule has 0 amide bonds. The van der Waals surface area contributed by atoms with Crippen LogP contribution in [0.15, 0.2) is 18.2 Å². The third-order valence-electron chi connectivity index (χ3n) is 3.55. The van der Waals surface area contributed by atoms with Gasteiger partial charge in [0.2, 0.25) is 0 Å². The normalized spacial score (nSPS) is 23.5. The molecule has 0 fully saturated rings. The number of fused-ring (bicyclic) bond motifs is 1. The SMILES string of the molecule is CC(C)C1(O)CCc2cc(C(=O)O)ccc21. The van der Waals surface area contributed by atoms with Gasteiger partial charge in [0.15, 0.2) is 0 Å². The third kappa shape index (κ3) is 1.52. The van der Waals surface area contributed by atoms with E-state index in [9.17, 15) is 9.90 Å². The maximum Gasteiger partial charge on any atom is 0.335 e. The lowest BCUT2D eigenvalue weighted by Gasteiger charge is -2.28. The zero-order valence-corrected chi connectivity index (χ0v) is 9.53. The van der Waals surface area contributed by atoms with Gasteiger partial charge >= 0.3 is 5.97 Å². The maximum atomic E-state index is 10.8. The topological polar surface area (TPSA) is 57.5 Å². The molecule has 0 saturated carbocycles. The van der Waals surface area contributed by atoms with Crippen LogP contribution >= 0.6 is 0 Å². The van der Waals surface area contributed by atoms with Gasteiger partial charge in [0.25, 0.3) is 0 Å². The average Bonchev–Trinajstić information content (AvgIpc) is 2.57. The van der Waals surface area contributed by atoms with E-state index < -0.39 is 11.6 Å². The number of aryl methyl sites for hydroxylation is 1. The largest absolute Gasteiger partial charge is 0.478 e. The van der Waals surface area contributed by atoms with E-state index in [2.05, 4.69) is 0 Å². The molecule has 2 rings (SSSR count). The molecule has 1 unspecified atom stereocenters. The van der Waals surface area contributed by atoms with Crippen molar-refractivity contribution in [1.29, 1.82) is 0 Å². The van der Waals surface area contributed by atoms with Crippen LogP contribution in [0.2, 0.25) is 0 Å². The summed E-state index contributed by atoms with van der Waals surface area (Å²) in [5.74, 6) is -0.771. The Kier molecular flexibility index (Phi) is 2.50. The molecule has 0 saturated heterocycles. The second-order valence-corrected chi connectivity index (χ2v) is 4.76. The summed E-state index contributed by atoms with van der Waals surface area (Å²) >= 11 is 0. The van der Waals surface area contributed by atoms with Crippen LogP contribution in [0.3, 0.4) is 0 Å². The Labute approximate surface area is 94.7 Å². The molecular formula is C13H16O3. The Balaban J connectivity index is 2.47. The molecule has 16 heavy (non-hydrogen) atoms. The Hall–Kier alpha value is -1.35. The molecule has 0 radical (unpaired) electrons. The highest BCUT2D eigenvalue weighted by Crippen LogP contribution is 2.42. The molecule has 1 aromatic rings. The van der Waals surface area contributed by atoms with Crippen LogP contribution in [0.1, 0.15) is 41.8 Å². The predicted molar refractivity (Wildman–Crippen MR) is 60.5 cm³/mol. The van der Waals surface area contributed by atoms with Gasteiger partial charge in [0, 0.05) is 0 Å². The standard InChI is InChI=1S/C13H16O3/c1-8(2)13(16)6-5-9-7-10(12(14)15)3-4-11(9)13/h3-4,7-8,16H,5-6H2,1-2H3,(H,14,15). The van der Waals surface area contributed by atoms with Gasteiger partial charge in [-0.25, -0.2) is 4.79 Å². The van der Waals surface area contributed by atoms with E-state index >= 15 is 0 Å². The average molecular weight is 220 g/mol. The number of hydrogen-bond acceptors (Lipinski definition) is 2. The molecule has 0 spiro atoms. The van der Waals surface area contributed by atoms with Gasteiger partial charge in [0.1, 0.15) is 0 Å². The molecule has 3 heteroatoms. The highest BCUT2D eigenvalue weighted by atomic mass is 16.4. The Bertz CT molecular complexity index is 437. The van der Waals surface area contributed by atoms with Crippen LogP contribution < -0.4 is 0 Å². The fourth-order valence-electron chi connectivity index (χ4n) is 2.42. The second-order valence-electron chi connectivity index (χ2n) is 4.76. The molecule has 1 aliphatic rings. The predicted octanol–water partition coefficient (Wildman–Crippen LogP) is 2.17. The van der Waals surface area contributed by atoms with Crippen molar-refractivity contribution in [3.05, 3.63) is 34.9 Å². The smallest absolute Gasteiger partial charge is 0.335 e. The number of benzene rings is 1. The van der Waals surface area contributed by atoms with Gasteiger partial charge in [-0.15, -0.1) is 0 Å². The van der Waals surface area contributed by atoms with E-state index in [1.165, 1.54) is 0 Å². The van der Waals surface area contributed by atoms with Crippen molar-refractivity contribution in [2.45, 2.75) is 32.3 Å². The molecule has 0 bridgehead atoms. The summed E-state index contributed by atoms with van der Waals surface area (Å²) in [6.07, 6.45) is 1.44. The van der Waals surface area contributed by atoms with E-state index in [0.29, 0.717) is 12.0 Å². The molecule has 0 aliphatic heterocycles. The first-order valence-corrected chi connectivity index (χ1v) is 5.54. The van der Waals surface area contributed by atoms with Gasteiger partial charge in [-0.05, 0) is 42.0 Å². The fraction of sp³-hybridized carbons (Fsp3) is 0.462. The van der Waals surface area contributed by atoms with Gasteiger partial charge in [0.05, 0.1) is 11.2 Å². The van der Waals surface area contributed by atoms with E-state index in [1.807, 2.05) is 13.8 Å². The van der Waals surface area contributed by atoms with Gasteiger partial charge < -0.3 is 10.2 Å². The lowest BCUT2D eigenvalue weighted by atomic mass is 9.84. The molecule has 0 heterocycles. The van der Waals surface area contributed by atoms with E-state index in [1.54, 1.807) is 18.2 Å².